The maximum atomic E-state index is 11.9. The van der Waals surface area contributed by atoms with Gasteiger partial charge in [0.25, 0.3) is 5.56 Å². The highest BCUT2D eigenvalue weighted by molar-refractivity contribution is 7.99. The standard InChI is InChI=1S/C11H14N4O4S/c1-4-15-7-8(14(2)10(18)13-9(7)17)12-11(15)20-5-6(16)19-3/h4-5H2,1-3H3,(H,13,17,18). The highest BCUT2D eigenvalue weighted by Gasteiger charge is 2.17. The molecule has 0 unspecified atom stereocenters. The third kappa shape index (κ3) is 2.36. The summed E-state index contributed by atoms with van der Waals surface area (Å²) < 4.78 is 7.50. The Morgan fingerprint density at radius 2 is 2.15 bits per heavy atom. The van der Waals surface area contributed by atoms with Gasteiger partial charge in [0, 0.05) is 13.6 Å². The van der Waals surface area contributed by atoms with Crippen LogP contribution < -0.4 is 11.2 Å². The summed E-state index contributed by atoms with van der Waals surface area (Å²) in [5.74, 6) is -0.293. The number of rotatable bonds is 4. The van der Waals surface area contributed by atoms with Crippen LogP contribution in [0, 0.1) is 0 Å². The molecule has 0 aliphatic rings. The van der Waals surface area contributed by atoms with E-state index in [1.165, 1.54) is 18.7 Å². The average molecular weight is 298 g/mol. The number of aromatic amines is 1. The third-order valence-electron chi connectivity index (χ3n) is 2.84. The van der Waals surface area contributed by atoms with Crippen LogP contribution in [0.5, 0.6) is 0 Å². The molecule has 0 fully saturated rings. The first kappa shape index (κ1) is 14.4. The molecule has 2 heterocycles. The minimum absolute atomic E-state index is 0.0890. The molecule has 8 nitrogen and oxygen atoms in total. The van der Waals surface area contributed by atoms with E-state index in [1.807, 2.05) is 6.92 Å². The van der Waals surface area contributed by atoms with Crippen molar-refractivity contribution in [2.24, 2.45) is 7.05 Å². The number of aromatic nitrogens is 4. The molecule has 0 aliphatic heterocycles. The molecule has 0 saturated carbocycles. The summed E-state index contributed by atoms with van der Waals surface area (Å²) in [6.07, 6.45) is 0. The van der Waals surface area contributed by atoms with Gasteiger partial charge in [-0.3, -0.25) is 19.1 Å². The molecule has 0 spiro atoms. The summed E-state index contributed by atoms with van der Waals surface area (Å²) in [5.41, 5.74) is -0.384. The second-order valence-corrected chi connectivity index (χ2v) is 4.94. The monoisotopic (exact) mass is 298 g/mol. The van der Waals surface area contributed by atoms with Crippen molar-refractivity contribution in [1.29, 1.82) is 0 Å². The molecular weight excluding hydrogens is 284 g/mol. The smallest absolute Gasteiger partial charge is 0.329 e. The number of hydrogen-bond acceptors (Lipinski definition) is 6. The fourth-order valence-electron chi connectivity index (χ4n) is 1.80. The van der Waals surface area contributed by atoms with Crippen LogP contribution in [0.2, 0.25) is 0 Å². The predicted molar refractivity (Wildman–Crippen MR) is 74.0 cm³/mol. The Kier molecular flexibility index (Phi) is 3.98. The van der Waals surface area contributed by atoms with Crippen LogP contribution >= 0.6 is 11.8 Å². The van der Waals surface area contributed by atoms with Crippen molar-refractivity contribution in [3.8, 4) is 0 Å². The van der Waals surface area contributed by atoms with Crippen LogP contribution in [0.15, 0.2) is 14.7 Å². The molecule has 2 rings (SSSR count). The second kappa shape index (κ2) is 5.53. The largest absolute Gasteiger partial charge is 0.468 e. The molecule has 0 saturated heterocycles. The molecule has 2 aromatic heterocycles. The number of nitrogens with one attached hydrogen (secondary N) is 1. The van der Waals surface area contributed by atoms with Crippen LogP contribution in [-0.2, 0) is 23.1 Å². The first-order chi connectivity index (χ1) is 9.49. The zero-order chi connectivity index (χ0) is 14.9. The van der Waals surface area contributed by atoms with Crippen molar-refractivity contribution >= 4 is 28.9 Å². The summed E-state index contributed by atoms with van der Waals surface area (Å²) in [5, 5.41) is 0.500. The van der Waals surface area contributed by atoms with E-state index in [-0.39, 0.29) is 11.7 Å². The number of esters is 1. The van der Waals surface area contributed by atoms with Gasteiger partial charge in [-0.05, 0) is 6.92 Å². The van der Waals surface area contributed by atoms with E-state index in [9.17, 15) is 14.4 Å². The Balaban J connectivity index is 2.59. The number of aryl methyl sites for hydroxylation is 2. The van der Waals surface area contributed by atoms with Gasteiger partial charge >= 0.3 is 11.7 Å². The fourth-order valence-corrected chi connectivity index (χ4v) is 2.69. The fraction of sp³-hybridized carbons (Fsp3) is 0.455. The lowest BCUT2D eigenvalue weighted by Gasteiger charge is -2.04. The van der Waals surface area contributed by atoms with Crippen LogP contribution in [0.4, 0.5) is 0 Å². The van der Waals surface area contributed by atoms with E-state index in [4.69, 9.17) is 0 Å². The van der Waals surface area contributed by atoms with Crippen molar-refractivity contribution in [3.63, 3.8) is 0 Å². The third-order valence-corrected chi connectivity index (χ3v) is 3.78. The van der Waals surface area contributed by atoms with Crippen LogP contribution in [0.3, 0.4) is 0 Å². The maximum Gasteiger partial charge on any atom is 0.329 e. The van der Waals surface area contributed by atoms with Gasteiger partial charge < -0.3 is 9.30 Å². The number of thioether (sulfide) groups is 1. The van der Waals surface area contributed by atoms with E-state index < -0.39 is 11.2 Å². The van der Waals surface area contributed by atoms with Crippen LogP contribution in [0.1, 0.15) is 6.92 Å². The van der Waals surface area contributed by atoms with E-state index >= 15 is 0 Å². The Morgan fingerprint density at radius 3 is 2.75 bits per heavy atom. The minimum Gasteiger partial charge on any atom is -0.468 e. The van der Waals surface area contributed by atoms with Crippen LogP contribution in [0.25, 0.3) is 11.2 Å². The molecule has 1 N–H and O–H groups in total. The molecule has 2 aromatic rings. The van der Waals surface area contributed by atoms with Gasteiger partial charge in [0.2, 0.25) is 0 Å². The molecule has 108 valence electrons. The highest BCUT2D eigenvalue weighted by Crippen LogP contribution is 2.21. The van der Waals surface area contributed by atoms with Crippen molar-refractivity contribution in [3.05, 3.63) is 20.8 Å². The number of imidazole rings is 1. The predicted octanol–water partition coefficient (Wildman–Crippen LogP) is -0.292. The first-order valence-electron chi connectivity index (χ1n) is 5.88. The molecule has 9 heteroatoms. The second-order valence-electron chi connectivity index (χ2n) is 3.99. The van der Waals surface area contributed by atoms with Gasteiger partial charge in [0.05, 0.1) is 12.9 Å². The Bertz CT molecular complexity index is 773. The lowest BCUT2D eigenvalue weighted by Crippen LogP contribution is -2.29. The molecule has 0 aliphatic carbocycles. The van der Waals surface area contributed by atoms with Gasteiger partial charge in [-0.2, -0.15) is 0 Å². The quantitative estimate of drug-likeness (QED) is 0.615. The molecule has 0 aromatic carbocycles. The zero-order valence-corrected chi connectivity index (χ0v) is 12.1. The van der Waals surface area contributed by atoms with E-state index in [2.05, 4.69) is 14.7 Å². The van der Waals surface area contributed by atoms with Gasteiger partial charge in [-0.1, -0.05) is 11.8 Å². The number of nitrogens with zero attached hydrogens (tertiary/aromatic N) is 3. The van der Waals surface area contributed by atoms with Crippen LogP contribution in [-0.4, -0.2) is 37.9 Å². The Morgan fingerprint density at radius 1 is 1.45 bits per heavy atom. The molecule has 0 radical (unpaired) electrons. The minimum atomic E-state index is -0.521. The summed E-state index contributed by atoms with van der Waals surface area (Å²) in [7, 11) is 2.84. The van der Waals surface area contributed by atoms with Crippen molar-refractivity contribution in [1.82, 2.24) is 19.1 Å². The van der Waals surface area contributed by atoms with Gasteiger partial charge in [-0.25, -0.2) is 9.78 Å². The topological polar surface area (TPSA) is 99.0 Å². The summed E-state index contributed by atoms with van der Waals surface area (Å²) in [6, 6.07) is 0. The van der Waals surface area contributed by atoms with Crippen molar-refractivity contribution in [2.45, 2.75) is 18.6 Å². The SMILES string of the molecule is CCn1c(SCC(=O)OC)nc2c1c(=O)[nH]c(=O)n2C. The molecule has 20 heavy (non-hydrogen) atoms. The average Bonchev–Trinajstić information content (AvgIpc) is 2.81. The van der Waals surface area contributed by atoms with E-state index in [0.717, 1.165) is 11.8 Å². The highest BCUT2D eigenvalue weighted by atomic mass is 32.2. The van der Waals surface area contributed by atoms with Gasteiger partial charge in [0.1, 0.15) is 0 Å². The molecule has 0 amide bonds. The number of methoxy groups -OCH3 is 1. The number of carbonyl (C=O) groups is 1. The first-order valence-corrected chi connectivity index (χ1v) is 6.87. The summed E-state index contributed by atoms with van der Waals surface area (Å²) in [6.45, 7) is 2.36. The molecule has 0 atom stereocenters. The number of H-pyrrole nitrogens is 1. The summed E-state index contributed by atoms with van der Waals surface area (Å²) in [4.78, 5) is 41.2. The number of ether oxygens (including phenoxy) is 1. The van der Waals surface area contributed by atoms with E-state index in [0.29, 0.717) is 22.9 Å². The summed E-state index contributed by atoms with van der Waals surface area (Å²) >= 11 is 1.16. The Hall–Kier alpha value is -2.03. The Labute approximate surface area is 117 Å². The number of carbonyl (C=O) groups excluding carboxylic acids is 1. The number of fused-ring (bicyclic) bond motifs is 1. The molecule has 0 bridgehead atoms. The van der Waals surface area contributed by atoms with Gasteiger partial charge in [-0.15, -0.1) is 0 Å². The normalized spacial score (nSPS) is 10.9. The maximum absolute atomic E-state index is 11.9. The van der Waals surface area contributed by atoms with Crippen molar-refractivity contribution in [2.75, 3.05) is 12.9 Å². The van der Waals surface area contributed by atoms with Gasteiger partial charge in [0.15, 0.2) is 16.3 Å². The lowest BCUT2D eigenvalue weighted by atomic mass is 10.5. The number of hydrogen-bond donors (Lipinski definition) is 1. The van der Waals surface area contributed by atoms with E-state index in [1.54, 1.807) is 4.57 Å². The van der Waals surface area contributed by atoms with Crippen molar-refractivity contribution < 1.29 is 9.53 Å². The molecular formula is C11H14N4O4S. The lowest BCUT2D eigenvalue weighted by molar-refractivity contribution is -0.137. The zero-order valence-electron chi connectivity index (χ0n) is 11.3.